The highest BCUT2D eigenvalue weighted by Crippen LogP contribution is 2.26. The van der Waals surface area contributed by atoms with Gasteiger partial charge in [0.25, 0.3) is 0 Å². The highest BCUT2D eigenvalue weighted by Gasteiger charge is 2.07. The molecule has 16 heavy (non-hydrogen) atoms. The fraction of sp³-hybridized carbons (Fsp3) is 0.154. The highest BCUT2D eigenvalue weighted by molar-refractivity contribution is 5.85. The van der Waals surface area contributed by atoms with Gasteiger partial charge in [-0.1, -0.05) is 11.6 Å². The summed E-state index contributed by atoms with van der Waals surface area (Å²) >= 11 is 0. The Morgan fingerprint density at radius 2 is 2.12 bits per heavy atom. The zero-order valence-corrected chi connectivity index (χ0v) is 9.27. The Labute approximate surface area is 93.3 Å². The fourth-order valence-electron chi connectivity index (χ4n) is 2.05. The van der Waals surface area contributed by atoms with Crippen molar-refractivity contribution in [2.24, 2.45) is 0 Å². The zero-order chi connectivity index (χ0) is 11.1. The highest BCUT2D eigenvalue weighted by atomic mass is 16.5. The predicted molar refractivity (Wildman–Crippen MR) is 64.0 cm³/mol. The minimum atomic E-state index is 0.808. The maximum atomic E-state index is 5.35. The smallest absolute Gasteiger partial charge is 0.180 e. The van der Waals surface area contributed by atoms with Crippen molar-refractivity contribution in [1.29, 1.82) is 0 Å². The van der Waals surface area contributed by atoms with E-state index in [-0.39, 0.29) is 0 Å². The maximum Gasteiger partial charge on any atom is 0.180 e. The second-order valence-corrected chi connectivity index (χ2v) is 3.90. The summed E-state index contributed by atoms with van der Waals surface area (Å²) in [6.07, 6.45) is 3.74. The first-order valence-electron chi connectivity index (χ1n) is 5.20. The molecule has 0 radical (unpaired) electrons. The molecular formula is C13H12N2O. The summed E-state index contributed by atoms with van der Waals surface area (Å²) in [6.45, 7) is 2.09. The standard InChI is InChI=1S/C13H12N2O/c1-9-3-4-11-10(7-9)8-12(16-2)13-14-5-6-15(11)13/h3-8H,1-2H3. The molecule has 80 valence electrons. The number of rotatable bonds is 1. The third-order valence-corrected chi connectivity index (χ3v) is 2.81. The minimum absolute atomic E-state index is 0.808. The quantitative estimate of drug-likeness (QED) is 0.620. The van der Waals surface area contributed by atoms with E-state index in [1.54, 1.807) is 13.3 Å². The molecule has 0 amide bonds. The van der Waals surface area contributed by atoms with Crippen molar-refractivity contribution in [3.05, 3.63) is 42.2 Å². The van der Waals surface area contributed by atoms with Gasteiger partial charge in [0.05, 0.1) is 12.6 Å². The molecule has 0 unspecified atom stereocenters. The van der Waals surface area contributed by atoms with Crippen LogP contribution >= 0.6 is 0 Å². The summed E-state index contributed by atoms with van der Waals surface area (Å²) in [6, 6.07) is 8.40. The van der Waals surface area contributed by atoms with Crippen molar-refractivity contribution in [3.63, 3.8) is 0 Å². The SMILES string of the molecule is COc1cc2cc(C)ccc2n2ccnc12. The van der Waals surface area contributed by atoms with Gasteiger partial charge in [-0.3, -0.25) is 4.40 Å². The third-order valence-electron chi connectivity index (χ3n) is 2.81. The van der Waals surface area contributed by atoms with Crippen LogP contribution in [0.2, 0.25) is 0 Å². The van der Waals surface area contributed by atoms with Crippen molar-refractivity contribution in [3.8, 4) is 5.75 Å². The van der Waals surface area contributed by atoms with E-state index in [4.69, 9.17) is 4.74 Å². The number of aryl methyl sites for hydroxylation is 1. The van der Waals surface area contributed by atoms with Crippen LogP contribution in [-0.2, 0) is 0 Å². The molecule has 0 fully saturated rings. The molecule has 1 aromatic carbocycles. The van der Waals surface area contributed by atoms with Gasteiger partial charge in [-0.15, -0.1) is 0 Å². The average molecular weight is 212 g/mol. The van der Waals surface area contributed by atoms with E-state index in [2.05, 4.69) is 30.1 Å². The predicted octanol–water partition coefficient (Wildman–Crippen LogP) is 2.80. The fourth-order valence-corrected chi connectivity index (χ4v) is 2.05. The largest absolute Gasteiger partial charge is 0.493 e. The Balaban J connectivity index is 2.53. The van der Waals surface area contributed by atoms with Crippen LogP contribution in [0.4, 0.5) is 0 Å². The molecule has 0 atom stereocenters. The van der Waals surface area contributed by atoms with Gasteiger partial charge >= 0.3 is 0 Å². The van der Waals surface area contributed by atoms with Crippen molar-refractivity contribution >= 4 is 16.6 Å². The van der Waals surface area contributed by atoms with E-state index in [9.17, 15) is 0 Å². The first-order chi connectivity index (χ1) is 7.79. The summed E-state index contributed by atoms with van der Waals surface area (Å²) in [5.41, 5.74) is 3.26. The molecule has 0 bridgehead atoms. The lowest BCUT2D eigenvalue weighted by molar-refractivity contribution is 0.418. The first-order valence-corrected chi connectivity index (χ1v) is 5.20. The molecule has 0 spiro atoms. The second kappa shape index (κ2) is 3.23. The number of ether oxygens (including phenoxy) is 1. The Kier molecular flexibility index (Phi) is 1.86. The summed E-state index contributed by atoms with van der Waals surface area (Å²) in [7, 11) is 1.67. The van der Waals surface area contributed by atoms with Gasteiger partial charge in [0.2, 0.25) is 0 Å². The maximum absolute atomic E-state index is 5.35. The normalized spacial score (nSPS) is 11.1. The molecule has 3 heteroatoms. The summed E-state index contributed by atoms with van der Waals surface area (Å²) in [4.78, 5) is 4.30. The van der Waals surface area contributed by atoms with Crippen LogP contribution in [0.5, 0.6) is 5.75 Å². The number of imidazole rings is 1. The van der Waals surface area contributed by atoms with Crippen LogP contribution in [-0.4, -0.2) is 16.5 Å². The molecular weight excluding hydrogens is 200 g/mol. The number of hydrogen-bond donors (Lipinski definition) is 0. The Bertz CT molecular complexity index is 670. The van der Waals surface area contributed by atoms with E-state index in [1.807, 2.05) is 16.7 Å². The molecule has 0 aliphatic rings. The van der Waals surface area contributed by atoms with E-state index in [1.165, 1.54) is 10.9 Å². The Morgan fingerprint density at radius 1 is 1.25 bits per heavy atom. The number of fused-ring (bicyclic) bond motifs is 3. The number of nitrogens with zero attached hydrogens (tertiary/aromatic N) is 2. The number of hydrogen-bond acceptors (Lipinski definition) is 2. The molecule has 3 aromatic rings. The number of aromatic nitrogens is 2. The van der Waals surface area contributed by atoms with Crippen LogP contribution in [0.25, 0.3) is 16.6 Å². The van der Waals surface area contributed by atoms with Crippen LogP contribution in [0.3, 0.4) is 0 Å². The molecule has 3 nitrogen and oxygen atoms in total. The lowest BCUT2D eigenvalue weighted by atomic mass is 10.1. The number of benzene rings is 1. The Morgan fingerprint density at radius 3 is 2.94 bits per heavy atom. The van der Waals surface area contributed by atoms with Gasteiger partial charge in [0.1, 0.15) is 0 Å². The van der Waals surface area contributed by atoms with Gasteiger partial charge in [0, 0.05) is 17.8 Å². The number of pyridine rings is 1. The second-order valence-electron chi connectivity index (χ2n) is 3.90. The molecule has 2 aromatic heterocycles. The molecule has 0 N–H and O–H groups in total. The zero-order valence-electron chi connectivity index (χ0n) is 9.27. The molecule has 0 aliphatic heterocycles. The van der Waals surface area contributed by atoms with Gasteiger partial charge in [-0.05, 0) is 25.1 Å². The van der Waals surface area contributed by atoms with Gasteiger partial charge in [-0.2, -0.15) is 0 Å². The lowest BCUT2D eigenvalue weighted by Gasteiger charge is -2.07. The summed E-state index contributed by atoms with van der Waals surface area (Å²) in [5, 5.41) is 1.17. The molecule has 0 aliphatic carbocycles. The number of methoxy groups -OCH3 is 1. The molecule has 0 saturated heterocycles. The Hall–Kier alpha value is -2.03. The van der Waals surface area contributed by atoms with Gasteiger partial charge in [0.15, 0.2) is 11.4 Å². The minimum Gasteiger partial charge on any atom is -0.493 e. The van der Waals surface area contributed by atoms with E-state index in [0.29, 0.717) is 0 Å². The van der Waals surface area contributed by atoms with Crippen LogP contribution < -0.4 is 4.74 Å². The first kappa shape index (κ1) is 9.21. The van der Waals surface area contributed by atoms with Crippen molar-refractivity contribution in [1.82, 2.24) is 9.38 Å². The van der Waals surface area contributed by atoms with E-state index < -0.39 is 0 Å². The van der Waals surface area contributed by atoms with E-state index >= 15 is 0 Å². The third kappa shape index (κ3) is 1.18. The van der Waals surface area contributed by atoms with Crippen LogP contribution in [0.15, 0.2) is 36.7 Å². The monoisotopic (exact) mass is 212 g/mol. The molecule has 0 saturated carbocycles. The summed E-state index contributed by atoms with van der Waals surface area (Å²) in [5.74, 6) is 0.808. The van der Waals surface area contributed by atoms with Gasteiger partial charge in [-0.25, -0.2) is 4.98 Å². The molecule has 2 heterocycles. The lowest BCUT2D eigenvalue weighted by Crippen LogP contribution is -1.92. The summed E-state index contributed by atoms with van der Waals surface area (Å²) < 4.78 is 7.40. The van der Waals surface area contributed by atoms with E-state index in [0.717, 1.165) is 16.9 Å². The van der Waals surface area contributed by atoms with Crippen LogP contribution in [0, 0.1) is 6.92 Å². The molecule has 3 rings (SSSR count). The van der Waals surface area contributed by atoms with Crippen molar-refractivity contribution in [2.45, 2.75) is 6.92 Å². The van der Waals surface area contributed by atoms with Crippen molar-refractivity contribution < 1.29 is 4.74 Å². The van der Waals surface area contributed by atoms with Gasteiger partial charge < -0.3 is 4.74 Å². The van der Waals surface area contributed by atoms with Crippen molar-refractivity contribution in [2.75, 3.05) is 7.11 Å². The average Bonchev–Trinajstić information content (AvgIpc) is 2.76. The van der Waals surface area contributed by atoms with Crippen LogP contribution in [0.1, 0.15) is 5.56 Å². The topological polar surface area (TPSA) is 26.5 Å².